The number of nitro groups is 1. The summed E-state index contributed by atoms with van der Waals surface area (Å²) in [5, 5.41) is 11.3. The zero-order valence-electron chi connectivity index (χ0n) is 12.8. The topological polar surface area (TPSA) is 89.3 Å². The fourth-order valence-electron chi connectivity index (χ4n) is 2.08. The molecule has 0 saturated heterocycles. The highest BCUT2D eigenvalue weighted by molar-refractivity contribution is 7.92. The number of aryl methyl sites for hydroxylation is 3. The van der Waals surface area contributed by atoms with Gasteiger partial charge in [-0.15, -0.1) is 0 Å². The van der Waals surface area contributed by atoms with Crippen molar-refractivity contribution in [3.8, 4) is 0 Å². The molecule has 2 rings (SSSR count). The second-order valence-electron chi connectivity index (χ2n) is 5.23. The Morgan fingerprint density at radius 1 is 1.04 bits per heavy atom. The molecule has 122 valence electrons. The van der Waals surface area contributed by atoms with E-state index in [4.69, 9.17) is 11.6 Å². The Kier molecular flexibility index (Phi) is 4.63. The van der Waals surface area contributed by atoms with Gasteiger partial charge in [0.25, 0.3) is 15.7 Å². The van der Waals surface area contributed by atoms with Gasteiger partial charge in [0.05, 0.1) is 15.5 Å². The summed E-state index contributed by atoms with van der Waals surface area (Å²) in [6.45, 7) is 5.02. The number of hydrogen-bond acceptors (Lipinski definition) is 4. The van der Waals surface area contributed by atoms with E-state index in [1.807, 2.05) is 0 Å². The molecule has 0 aliphatic carbocycles. The summed E-state index contributed by atoms with van der Waals surface area (Å²) < 4.78 is 27.6. The predicted molar refractivity (Wildman–Crippen MR) is 89.6 cm³/mol. The van der Waals surface area contributed by atoms with Gasteiger partial charge >= 0.3 is 0 Å². The van der Waals surface area contributed by atoms with E-state index in [0.717, 1.165) is 0 Å². The molecule has 0 aromatic heterocycles. The van der Waals surface area contributed by atoms with Crippen LogP contribution in [0, 0.1) is 30.9 Å². The first-order chi connectivity index (χ1) is 10.6. The SMILES string of the molecule is Cc1cc(S(=O)(=O)Nc2cc([N+](=O)[O-])ccc2C)c(C)cc1Cl. The zero-order valence-corrected chi connectivity index (χ0v) is 14.3. The number of halogens is 1. The van der Waals surface area contributed by atoms with Crippen molar-refractivity contribution < 1.29 is 13.3 Å². The predicted octanol–water partition coefficient (Wildman–Crippen LogP) is 3.97. The summed E-state index contributed by atoms with van der Waals surface area (Å²) in [4.78, 5) is 10.4. The van der Waals surface area contributed by atoms with Gasteiger partial charge < -0.3 is 0 Å². The van der Waals surface area contributed by atoms with Crippen LogP contribution in [0.4, 0.5) is 11.4 Å². The van der Waals surface area contributed by atoms with Gasteiger partial charge in [-0.2, -0.15) is 0 Å². The van der Waals surface area contributed by atoms with Crippen molar-refractivity contribution in [3.05, 3.63) is 62.2 Å². The second kappa shape index (κ2) is 6.17. The maximum atomic E-state index is 12.6. The van der Waals surface area contributed by atoms with Crippen molar-refractivity contribution in [2.75, 3.05) is 4.72 Å². The van der Waals surface area contributed by atoms with Crippen molar-refractivity contribution >= 4 is 33.0 Å². The summed E-state index contributed by atoms with van der Waals surface area (Å²) in [6, 6.07) is 7.07. The number of anilines is 1. The third-order valence-electron chi connectivity index (χ3n) is 3.42. The van der Waals surface area contributed by atoms with E-state index in [1.54, 1.807) is 26.8 Å². The standard InChI is InChI=1S/C15H15ClN2O4S/c1-9-4-5-12(18(19)20)8-14(9)17-23(21,22)15-7-10(2)13(16)6-11(15)3/h4-8,17H,1-3H3. The molecule has 0 radical (unpaired) electrons. The lowest BCUT2D eigenvalue weighted by Gasteiger charge is -2.13. The molecule has 2 aromatic rings. The van der Waals surface area contributed by atoms with Crippen molar-refractivity contribution in [2.45, 2.75) is 25.7 Å². The first kappa shape index (κ1) is 17.2. The number of non-ortho nitro benzene ring substituents is 1. The maximum Gasteiger partial charge on any atom is 0.271 e. The summed E-state index contributed by atoms with van der Waals surface area (Å²) >= 11 is 5.99. The minimum atomic E-state index is -3.88. The third-order valence-corrected chi connectivity index (χ3v) is 5.34. The molecular formula is C15H15ClN2O4S. The highest BCUT2D eigenvalue weighted by Crippen LogP contribution is 2.28. The molecule has 0 amide bonds. The number of hydrogen-bond donors (Lipinski definition) is 1. The second-order valence-corrected chi connectivity index (χ2v) is 7.29. The molecule has 0 saturated carbocycles. The minimum Gasteiger partial charge on any atom is -0.279 e. The van der Waals surface area contributed by atoms with Gasteiger partial charge in [-0.25, -0.2) is 8.42 Å². The number of nitro benzene ring substituents is 1. The molecule has 1 N–H and O–H groups in total. The van der Waals surface area contributed by atoms with Crippen molar-refractivity contribution in [2.24, 2.45) is 0 Å². The molecule has 0 heterocycles. The van der Waals surface area contributed by atoms with E-state index < -0.39 is 14.9 Å². The van der Waals surface area contributed by atoms with Crippen LogP contribution >= 0.6 is 11.6 Å². The van der Waals surface area contributed by atoms with Crippen molar-refractivity contribution in [3.63, 3.8) is 0 Å². The Bertz CT molecular complexity index is 895. The van der Waals surface area contributed by atoms with Gasteiger partial charge in [0.1, 0.15) is 0 Å². The minimum absolute atomic E-state index is 0.0882. The van der Waals surface area contributed by atoms with Gasteiger partial charge in [0.2, 0.25) is 0 Å². The van der Waals surface area contributed by atoms with Crippen LogP contribution in [0.3, 0.4) is 0 Å². The van der Waals surface area contributed by atoms with E-state index >= 15 is 0 Å². The van der Waals surface area contributed by atoms with Crippen LogP contribution in [0.5, 0.6) is 0 Å². The van der Waals surface area contributed by atoms with Crippen LogP contribution in [0.2, 0.25) is 5.02 Å². The number of nitrogens with one attached hydrogen (secondary N) is 1. The molecule has 0 atom stereocenters. The van der Waals surface area contributed by atoms with Gasteiger partial charge in [-0.3, -0.25) is 14.8 Å². The Morgan fingerprint density at radius 2 is 1.70 bits per heavy atom. The molecular weight excluding hydrogens is 340 g/mol. The molecule has 23 heavy (non-hydrogen) atoms. The lowest BCUT2D eigenvalue weighted by Crippen LogP contribution is -2.15. The van der Waals surface area contributed by atoms with Crippen molar-refractivity contribution in [1.82, 2.24) is 0 Å². The molecule has 0 bridgehead atoms. The van der Waals surface area contributed by atoms with E-state index in [-0.39, 0.29) is 16.3 Å². The Balaban J connectivity index is 2.49. The lowest BCUT2D eigenvalue weighted by molar-refractivity contribution is -0.384. The number of benzene rings is 2. The number of rotatable bonds is 4. The maximum absolute atomic E-state index is 12.6. The van der Waals surface area contributed by atoms with E-state index in [9.17, 15) is 18.5 Å². The first-order valence-electron chi connectivity index (χ1n) is 6.66. The third kappa shape index (κ3) is 3.62. The van der Waals surface area contributed by atoms with Crippen LogP contribution in [-0.4, -0.2) is 13.3 Å². The van der Waals surface area contributed by atoms with E-state index in [0.29, 0.717) is 21.7 Å². The molecule has 0 aliphatic heterocycles. The van der Waals surface area contributed by atoms with Gasteiger partial charge in [0, 0.05) is 17.2 Å². The lowest BCUT2D eigenvalue weighted by atomic mass is 10.2. The van der Waals surface area contributed by atoms with Crippen LogP contribution in [-0.2, 0) is 10.0 Å². The quantitative estimate of drug-likeness (QED) is 0.664. The first-order valence-corrected chi connectivity index (χ1v) is 8.52. The number of nitrogens with zero attached hydrogens (tertiary/aromatic N) is 1. The monoisotopic (exact) mass is 354 g/mol. The summed E-state index contributed by atoms with van der Waals surface area (Å²) in [7, 11) is -3.88. The molecule has 2 aromatic carbocycles. The molecule has 0 fully saturated rings. The molecule has 6 nitrogen and oxygen atoms in total. The fraction of sp³-hybridized carbons (Fsp3) is 0.200. The van der Waals surface area contributed by atoms with Crippen LogP contribution in [0.25, 0.3) is 0 Å². The largest absolute Gasteiger partial charge is 0.279 e. The van der Waals surface area contributed by atoms with Gasteiger partial charge in [-0.05, 0) is 49.6 Å². The molecule has 0 aliphatic rings. The van der Waals surface area contributed by atoms with Crippen LogP contribution in [0.15, 0.2) is 35.2 Å². The highest BCUT2D eigenvalue weighted by atomic mass is 35.5. The highest BCUT2D eigenvalue weighted by Gasteiger charge is 2.20. The summed E-state index contributed by atoms with van der Waals surface area (Å²) in [5.74, 6) is 0. The number of sulfonamides is 1. The van der Waals surface area contributed by atoms with Gasteiger partial charge in [0.15, 0.2) is 0 Å². The molecule has 0 unspecified atom stereocenters. The van der Waals surface area contributed by atoms with Crippen LogP contribution in [0.1, 0.15) is 16.7 Å². The van der Waals surface area contributed by atoms with Gasteiger partial charge in [-0.1, -0.05) is 17.7 Å². The average molecular weight is 355 g/mol. The zero-order chi connectivity index (χ0) is 17.4. The molecule has 8 heteroatoms. The average Bonchev–Trinajstić information content (AvgIpc) is 2.44. The summed E-state index contributed by atoms with van der Waals surface area (Å²) in [6.07, 6.45) is 0. The van der Waals surface area contributed by atoms with Crippen molar-refractivity contribution in [1.29, 1.82) is 0 Å². The van der Waals surface area contributed by atoms with E-state index in [1.165, 1.54) is 24.3 Å². The Labute approximate surface area is 139 Å². The molecule has 0 spiro atoms. The van der Waals surface area contributed by atoms with Crippen LogP contribution < -0.4 is 4.72 Å². The summed E-state index contributed by atoms with van der Waals surface area (Å²) in [5.41, 5.74) is 1.70. The smallest absolute Gasteiger partial charge is 0.271 e. The van der Waals surface area contributed by atoms with E-state index in [2.05, 4.69) is 4.72 Å². The Hall–Kier alpha value is -2.12. The Morgan fingerprint density at radius 3 is 2.30 bits per heavy atom. The normalized spacial score (nSPS) is 11.3. The fourth-order valence-corrected chi connectivity index (χ4v) is 3.73.